The Hall–Kier alpha value is -3.64. The van der Waals surface area contributed by atoms with Crippen molar-refractivity contribution in [3.63, 3.8) is 0 Å². The highest BCUT2D eigenvalue weighted by atomic mass is 32.2. The molecule has 2 aromatic carbocycles. The van der Waals surface area contributed by atoms with Gasteiger partial charge in [-0.05, 0) is 55.3 Å². The minimum Gasteiger partial charge on any atom is -0.497 e. The molecule has 1 aliphatic heterocycles. The van der Waals surface area contributed by atoms with Gasteiger partial charge in [0.25, 0.3) is 0 Å². The van der Waals surface area contributed by atoms with Crippen molar-refractivity contribution in [2.45, 2.75) is 50.1 Å². The van der Waals surface area contributed by atoms with E-state index in [-0.39, 0.29) is 48.2 Å². The number of benzene rings is 2. The van der Waals surface area contributed by atoms with Crippen LogP contribution in [0.3, 0.4) is 0 Å². The van der Waals surface area contributed by atoms with Gasteiger partial charge < -0.3 is 25.4 Å². The van der Waals surface area contributed by atoms with Gasteiger partial charge >= 0.3 is 0 Å². The van der Waals surface area contributed by atoms with Crippen LogP contribution in [0.25, 0.3) is 0 Å². The largest absolute Gasteiger partial charge is 0.497 e. The number of nitrogens with zero attached hydrogens (tertiary/aromatic N) is 1. The summed E-state index contributed by atoms with van der Waals surface area (Å²) in [5.74, 6) is 0.212. The SMILES string of the molecule is COc1ccc(OC)c(C[C@H](NC(C)=O)C(=O)NC2CCN(S(=O)(=O)c3ccc(NC(C)=O)cc3)CC2)c1. The number of amides is 3. The first-order chi connectivity index (χ1) is 18.0. The van der Waals surface area contributed by atoms with Crippen LogP contribution in [0.1, 0.15) is 32.3 Å². The molecule has 2 aromatic rings. The third-order valence-electron chi connectivity index (χ3n) is 6.22. The normalized spacial score (nSPS) is 15.3. The van der Waals surface area contributed by atoms with Gasteiger partial charge in [-0.2, -0.15) is 4.31 Å². The van der Waals surface area contributed by atoms with Crippen LogP contribution in [-0.2, 0) is 30.8 Å². The zero-order valence-corrected chi connectivity index (χ0v) is 22.8. The van der Waals surface area contributed by atoms with E-state index in [0.29, 0.717) is 35.6 Å². The molecule has 1 fully saturated rings. The highest BCUT2D eigenvalue weighted by molar-refractivity contribution is 7.89. The van der Waals surface area contributed by atoms with Crippen LogP contribution in [0.15, 0.2) is 47.4 Å². The standard InChI is InChI=1S/C26H34N4O7S/c1-17(31)27-20-5-8-23(9-6-20)38(34,35)30-13-11-21(12-14-30)29-26(33)24(28-18(2)32)16-19-15-22(36-3)7-10-25(19)37-4/h5-10,15,21,24H,11-14,16H2,1-4H3,(H,27,31)(H,28,32)(H,29,33)/t24-/m0/s1. The van der Waals surface area contributed by atoms with E-state index in [0.717, 1.165) is 0 Å². The van der Waals surface area contributed by atoms with Crippen LogP contribution < -0.4 is 25.4 Å². The first-order valence-corrected chi connectivity index (χ1v) is 13.6. The highest BCUT2D eigenvalue weighted by Crippen LogP contribution is 2.26. The molecule has 0 unspecified atom stereocenters. The van der Waals surface area contributed by atoms with Gasteiger partial charge in [0.2, 0.25) is 27.7 Å². The van der Waals surface area contributed by atoms with Gasteiger partial charge in [-0.1, -0.05) is 0 Å². The van der Waals surface area contributed by atoms with Gasteiger partial charge in [-0.15, -0.1) is 0 Å². The number of anilines is 1. The molecule has 206 valence electrons. The van der Waals surface area contributed by atoms with Crippen LogP contribution in [-0.4, -0.2) is 69.8 Å². The summed E-state index contributed by atoms with van der Waals surface area (Å²) in [5.41, 5.74) is 1.21. The van der Waals surface area contributed by atoms with Crippen molar-refractivity contribution in [2.24, 2.45) is 0 Å². The molecule has 3 rings (SSSR count). The van der Waals surface area contributed by atoms with Crippen molar-refractivity contribution in [1.29, 1.82) is 0 Å². The second-order valence-electron chi connectivity index (χ2n) is 9.03. The average molecular weight is 547 g/mol. The topological polar surface area (TPSA) is 143 Å². The maximum absolute atomic E-state index is 13.2. The Bertz CT molecular complexity index is 1260. The fourth-order valence-electron chi connectivity index (χ4n) is 4.32. The lowest BCUT2D eigenvalue weighted by molar-refractivity contribution is -0.128. The number of nitrogens with one attached hydrogen (secondary N) is 3. The third-order valence-corrected chi connectivity index (χ3v) is 8.13. The van der Waals surface area contributed by atoms with Crippen LogP contribution in [0.5, 0.6) is 11.5 Å². The number of rotatable bonds is 10. The molecule has 38 heavy (non-hydrogen) atoms. The molecule has 3 N–H and O–H groups in total. The van der Waals surface area contributed by atoms with Crippen molar-refractivity contribution >= 4 is 33.4 Å². The summed E-state index contributed by atoms with van der Waals surface area (Å²) in [6.07, 6.45) is 1.03. The second kappa shape index (κ2) is 12.7. The molecule has 3 amide bonds. The van der Waals surface area contributed by atoms with Gasteiger partial charge in [0.1, 0.15) is 17.5 Å². The Morgan fingerprint density at radius 1 is 0.974 bits per heavy atom. The Balaban J connectivity index is 1.63. The van der Waals surface area contributed by atoms with E-state index < -0.39 is 16.1 Å². The monoisotopic (exact) mass is 546 g/mol. The quantitative estimate of drug-likeness (QED) is 0.411. The molecule has 11 nitrogen and oxygen atoms in total. The molecular weight excluding hydrogens is 512 g/mol. The number of ether oxygens (including phenoxy) is 2. The van der Waals surface area contributed by atoms with E-state index in [1.165, 1.54) is 44.5 Å². The Labute approximate surface area is 222 Å². The van der Waals surface area contributed by atoms with Crippen LogP contribution in [0.4, 0.5) is 5.69 Å². The summed E-state index contributed by atoms with van der Waals surface area (Å²) in [6.45, 7) is 3.18. The maximum Gasteiger partial charge on any atom is 0.243 e. The summed E-state index contributed by atoms with van der Waals surface area (Å²) >= 11 is 0. The zero-order chi connectivity index (χ0) is 27.9. The molecule has 1 atom stereocenters. The number of methoxy groups -OCH3 is 2. The summed E-state index contributed by atoms with van der Waals surface area (Å²) < 4.78 is 38.2. The summed E-state index contributed by atoms with van der Waals surface area (Å²) in [7, 11) is -0.657. The van der Waals surface area contributed by atoms with E-state index in [1.807, 2.05) is 0 Å². The summed E-state index contributed by atoms with van der Waals surface area (Å²) in [4.78, 5) is 36.3. The van der Waals surface area contributed by atoms with Gasteiger partial charge in [0.15, 0.2) is 0 Å². The average Bonchev–Trinajstić information content (AvgIpc) is 2.88. The second-order valence-corrected chi connectivity index (χ2v) is 11.0. The molecule has 1 heterocycles. The predicted octanol–water partition coefficient (Wildman–Crippen LogP) is 1.68. The lowest BCUT2D eigenvalue weighted by Crippen LogP contribution is -2.53. The first-order valence-electron chi connectivity index (χ1n) is 12.2. The fourth-order valence-corrected chi connectivity index (χ4v) is 5.79. The number of carbonyl (C=O) groups is 3. The van der Waals surface area contributed by atoms with Gasteiger partial charge in [0.05, 0.1) is 19.1 Å². The minimum atomic E-state index is -3.72. The molecule has 1 saturated heterocycles. The number of hydrogen-bond acceptors (Lipinski definition) is 7. The molecule has 0 aromatic heterocycles. The molecule has 0 bridgehead atoms. The Morgan fingerprint density at radius 3 is 2.18 bits per heavy atom. The van der Waals surface area contributed by atoms with E-state index in [1.54, 1.807) is 30.3 Å². The number of carbonyl (C=O) groups excluding carboxylic acids is 3. The molecule has 0 spiro atoms. The predicted molar refractivity (Wildman–Crippen MR) is 142 cm³/mol. The highest BCUT2D eigenvalue weighted by Gasteiger charge is 2.31. The first kappa shape index (κ1) is 28.9. The number of sulfonamides is 1. The van der Waals surface area contributed by atoms with Crippen LogP contribution in [0, 0.1) is 0 Å². The van der Waals surface area contributed by atoms with Crippen molar-refractivity contribution in [1.82, 2.24) is 14.9 Å². The van der Waals surface area contributed by atoms with Crippen LogP contribution in [0.2, 0.25) is 0 Å². The molecule has 12 heteroatoms. The lowest BCUT2D eigenvalue weighted by atomic mass is 10.0. The van der Waals surface area contributed by atoms with Crippen molar-refractivity contribution in [2.75, 3.05) is 32.6 Å². The number of piperidine rings is 1. The molecule has 0 saturated carbocycles. The number of hydrogen-bond donors (Lipinski definition) is 3. The lowest BCUT2D eigenvalue weighted by Gasteiger charge is -2.32. The van der Waals surface area contributed by atoms with Gasteiger partial charge in [-0.3, -0.25) is 14.4 Å². The van der Waals surface area contributed by atoms with E-state index in [4.69, 9.17) is 9.47 Å². The van der Waals surface area contributed by atoms with E-state index in [9.17, 15) is 22.8 Å². The smallest absolute Gasteiger partial charge is 0.243 e. The molecule has 0 radical (unpaired) electrons. The zero-order valence-electron chi connectivity index (χ0n) is 21.9. The molecule has 1 aliphatic rings. The van der Waals surface area contributed by atoms with Crippen molar-refractivity contribution in [3.8, 4) is 11.5 Å². The third kappa shape index (κ3) is 7.45. The van der Waals surface area contributed by atoms with E-state index in [2.05, 4.69) is 16.0 Å². The summed E-state index contributed by atoms with van der Waals surface area (Å²) in [6, 6.07) is 10.1. The van der Waals surface area contributed by atoms with Gasteiger partial charge in [0, 0.05) is 50.7 Å². The Kier molecular flexibility index (Phi) is 9.70. The summed E-state index contributed by atoms with van der Waals surface area (Å²) in [5, 5.41) is 8.27. The van der Waals surface area contributed by atoms with Crippen molar-refractivity contribution in [3.05, 3.63) is 48.0 Å². The van der Waals surface area contributed by atoms with E-state index >= 15 is 0 Å². The van der Waals surface area contributed by atoms with Crippen molar-refractivity contribution < 1.29 is 32.3 Å². The van der Waals surface area contributed by atoms with Crippen LogP contribution >= 0.6 is 0 Å². The molecule has 0 aliphatic carbocycles. The minimum absolute atomic E-state index is 0.132. The Morgan fingerprint density at radius 2 is 1.63 bits per heavy atom. The molecular formula is C26H34N4O7S. The fraction of sp³-hybridized carbons (Fsp3) is 0.423. The maximum atomic E-state index is 13.2. The van der Waals surface area contributed by atoms with Gasteiger partial charge in [-0.25, -0.2) is 8.42 Å².